The largest absolute Gasteiger partial charge is 0.481 e. The third kappa shape index (κ3) is 5.15. The highest BCUT2D eigenvalue weighted by atomic mass is 16.5. The van der Waals surface area contributed by atoms with Gasteiger partial charge in [0.1, 0.15) is 0 Å². The van der Waals surface area contributed by atoms with E-state index in [2.05, 4.69) is 5.32 Å². The van der Waals surface area contributed by atoms with Crippen LogP contribution in [0.1, 0.15) is 26.2 Å². The monoisotopic (exact) mass is 272 g/mol. The SMILES string of the molecule is CCOC(=O)[C@@H]1CCCN(C(=O)NCCC(=O)O)C1. The highest BCUT2D eigenvalue weighted by molar-refractivity contribution is 5.77. The van der Waals surface area contributed by atoms with E-state index in [9.17, 15) is 14.4 Å². The summed E-state index contributed by atoms with van der Waals surface area (Å²) in [7, 11) is 0. The number of ether oxygens (including phenoxy) is 1. The summed E-state index contributed by atoms with van der Waals surface area (Å²) in [4.78, 5) is 35.3. The number of carbonyl (C=O) groups excluding carboxylic acids is 2. The Morgan fingerprint density at radius 2 is 2.16 bits per heavy atom. The van der Waals surface area contributed by atoms with Crippen molar-refractivity contribution in [2.45, 2.75) is 26.2 Å². The number of nitrogens with one attached hydrogen (secondary N) is 1. The van der Waals surface area contributed by atoms with Gasteiger partial charge in [-0.25, -0.2) is 4.79 Å². The molecule has 7 heteroatoms. The van der Waals surface area contributed by atoms with E-state index in [0.717, 1.165) is 12.8 Å². The zero-order valence-electron chi connectivity index (χ0n) is 11.1. The van der Waals surface area contributed by atoms with Crippen molar-refractivity contribution in [2.75, 3.05) is 26.2 Å². The molecule has 0 radical (unpaired) electrons. The lowest BCUT2D eigenvalue weighted by atomic mass is 9.98. The van der Waals surface area contributed by atoms with Gasteiger partial charge in [0.05, 0.1) is 18.9 Å². The number of amides is 2. The summed E-state index contributed by atoms with van der Waals surface area (Å²) >= 11 is 0. The fourth-order valence-electron chi connectivity index (χ4n) is 2.00. The van der Waals surface area contributed by atoms with Gasteiger partial charge in [-0.3, -0.25) is 9.59 Å². The van der Waals surface area contributed by atoms with Crippen molar-refractivity contribution in [1.82, 2.24) is 10.2 Å². The number of urea groups is 1. The van der Waals surface area contributed by atoms with Crippen molar-refractivity contribution in [3.63, 3.8) is 0 Å². The standard InChI is InChI=1S/C12H20N2O5/c1-2-19-11(17)9-4-3-7-14(8-9)12(18)13-6-5-10(15)16/h9H,2-8H2,1H3,(H,13,18)(H,15,16)/t9-/m1/s1. The van der Waals surface area contributed by atoms with E-state index in [0.29, 0.717) is 19.7 Å². The fourth-order valence-corrected chi connectivity index (χ4v) is 2.00. The van der Waals surface area contributed by atoms with Gasteiger partial charge in [-0.15, -0.1) is 0 Å². The summed E-state index contributed by atoms with van der Waals surface area (Å²) < 4.78 is 4.95. The first-order valence-electron chi connectivity index (χ1n) is 6.45. The molecule has 0 spiro atoms. The Labute approximate surface area is 111 Å². The Balaban J connectivity index is 2.38. The van der Waals surface area contributed by atoms with Crippen LogP contribution in [0, 0.1) is 5.92 Å². The van der Waals surface area contributed by atoms with Crippen molar-refractivity contribution in [2.24, 2.45) is 5.92 Å². The number of hydrogen-bond donors (Lipinski definition) is 2. The minimum atomic E-state index is -0.955. The van der Waals surface area contributed by atoms with Gasteiger partial charge in [-0.1, -0.05) is 0 Å². The molecule has 1 atom stereocenters. The average Bonchev–Trinajstić information content (AvgIpc) is 2.38. The summed E-state index contributed by atoms with van der Waals surface area (Å²) in [6, 6.07) is -0.324. The van der Waals surface area contributed by atoms with Gasteiger partial charge in [0, 0.05) is 19.6 Å². The summed E-state index contributed by atoms with van der Waals surface area (Å²) in [5, 5.41) is 11.0. The second kappa shape index (κ2) is 7.60. The lowest BCUT2D eigenvalue weighted by Crippen LogP contribution is -2.47. The second-order valence-electron chi connectivity index (χ2n) is 4.41. The molecule has 1 rings (SSSR count). The van der Waals surface area contributed by atoms with Gasteiger partial charge in [0.2, 0.25) is 0 Å². The van der Waals surface area contributed by atoms with Crippen LogP contribution < -0.4 is 5.32 Å². The predicted molar refractivity (Wildman–Crippen MR) is 66.6 cm³/mol. The summed E-state index contributed by atoms with van der Waals surface area (Å²) in [5.41, 5.74) is 0. The molecular weight excluding hydrogens is 252 g/mol. The molecule has 0 unspecified atom stereocenters. The van der Waals surface area contributed by atoms with Crippen LogP contribution in [0.25, 0.3) is 0 Å². The molecule has 1 heterocycles. The molecule has 0 aromatic heterocycles. The molecule has 2 amide bonds. The minimum absolute atomic E-state index is 0.0920. The summed E-state index contributed by atoms with van der Waals surface area (Å²) in [6.45, 7) is 3.08. The molecule has 108 valence electrons. The van der Waals surface area contributed by atoms with E-state index in [1.54, 1.807) is 6.92 Å². The molecule has 2 N–H and O–H groups in total. The number of esters is 1. The number of carbonyl (C=O) groups is 3. The number of nitrogens with zero attached hydrogens (tertiary/aromatic N) is 1. The fraction of sp³-hybridized carbons (Fsp3) is 0.750. The smallest absolute Gasteiger partial charge is 0.317 e. The van der Waals surface area contributed by atoms with Crippen LogP contribution in [0.2, 0.25) is 0 Å². The van der Waals surface area contributed by atoms with Gasteiger partial charge in [-0.2, -0.15) is 0 Å². The maximum absolute atomic E-state index is 11.8. The molecule has 1 aliphatic rings. The molecule has 0 saturated carbocycles. The van der Waals surface area contributed by atoms with Crippen molar-refractivity contribution < 1.29 is 24.2 Å². The molecule has 0 aromatic carbocycles. The number of rotatable bonds is 5. The molecule has 0 bridgehead atoms. The third-order valence-electron chi connectivity index (χ3n) is 2.94. The lowest BCUT2D eigenvalue weighted by molar-refractivity contribution is -0.149. The number of hydrogen-bond acceptors (Lipinski definition) is 4. The predicted octanol–water partition coefficient (Wildman–Crippen LogP) is 0.446. The average molecular weight is 272 g/mol. The summed E-state index contributed by atoms with van der Waals surface area (Å²) in [6.07, 6.45) is 1.36. The van der Waals surface area contributed by atoms with E-state index < -0.39 is 5.97 Å². The van der Waals surface area contributed by atoms with Crippen LogP contribution in [-0.2, 0) is 14.3 Å². The van der Waals surface area contributed by atoms with E-state index in [1.165, 1.54) is 4.90 Å². The van der Waals surface area contributed by atoms with E-state index in [-0.39, 0.29) is 30.9 Å². The second-order valence-corrected chi connectivity index (χ2v) is 4.41. The maximum Gasteiger partial charge on any atom is 0.317 e. The van der Waals surface area contributed by atoms with Crippen LogP contribution >= 0.6 is 0 Å². The zero-order valence-corrected chi connectivity index (χ0v) is 11.1. The Morgan fingerprint density at radius 3 is 2.79 bits per heavy atom. The molecule has 1 saturated heterocycles. The van der Waals surface area contributed by atoms with Crippen LogP contribution in [0.4, 0.5) is 4.79 Å². The Morgan fingerprint density at radius 1 is 1.42 bits per heavy atom. The topological polar surface area (TPSA) is 95.9 Å². The van der Waals surface area contributed by atoms with Crippen molar-refractivity contribution in [3.05, 3.63) is 0 Å². The van der Waals surface area contributed by atoms with Crippen LogP contribution in [0.5, 0.6) is 0 Å². The Kier molecular flexibility index (Phi) is 6.11. The molecule has 1 fully saturated rings. The number of carboxylic acid groups (broad SMARTS) is 1. The molecule has 7 nitrogen and oxygen atoms in total. The lowest BCUT2D eigenvalue weighted by Gasteiger charge is -2.31. The molecular formula is C12H20N2O5. The quantitative estimate of drug-likeness (QED) is 0.708. The first-order valence-corrected chi connectivity index (χ1v) is 6.45. The molecule has 1 aliphatic heterocycles. The molecule has 0 aliphatic carbocycles. The number of likely N-dealkylation sites (tertiary alicyclic amines) is 1. The van der Waals surface area contributed by atoms with Crippen molar-refractivity contribution in [1.29, 1.82) is 0 Å². The maximum atomic E-state index is 11.8. The van der Waals surface area contributed by atoms with E-state index >= 15 is 0 Å². The Hall–Kier alpha value is -1.79. The molecule has 19 heavy (non-hydrogen) atoms. The van der Waals surface area contributed by atoms with Crippen molar-refractivity contribution in [3.8, 4) is 0 Å². The van der Waals surface area contributed by atoms with Gasteiger partial charge in [-0.05, 0) is 19.8 Å². The van der Waals surface area contributed by atoms with Crippen molar-refractivity contribution >= 4 is 18.0 Å². The highest BCUT2D eigenvalue weighted by Gasteiger charge is 2.29. The van der Waals surface area contributed by atoms with Crippen LogP contribution in [-0.4, -0.2) is 54.2 Å². The van der Waals surface area contributed by atoms with Crippen LogP contribution in [0.15, 0.2) is 0 Å². The molecule has 0 aromatic rings. The first-order chi connectivity index (χ1) is 9.04. The van der Waals surface area contributed by atoms with Gasteiger partial charge in [0.25, 0.3) is 0 Å². The number of aliphatic carboxylic acids is 1. The third-order valence-corrected chi connectivity index (χ3v) is 2.94. The van der Waals surface area contributed by atoms with Gasteiger partial charge >= 0.3 is 18.0 Å². The van der Waals surface area contributed by atoms with E-state index in [1.807, 2.05) is 0 Å². The normalized spacial score (nSPS) is 18.8. The highest BCUT2D eigenvalue weighted by Crippen LogP contribution is 2.17. The first kappa shape index (κ1) is 15.3. The van der Waals surface area contributed by atoms with Crippen LogP contribution in [0.3, 0.4) is 0 Å². The minimum Gasteiger partial charge on any atom is -0.481 e. The summed E-state index contributed by atoms with van der Waals surface area (Å²) in [5.74, 6) is -1.51. The number of piperidine rings is 1. The van der Waals surface area contributed by atoms with Gasteiger partial charge in [0.15, 0.2) is 0 Å². The zero-order chi connectivity index (χ0) is 14.3. The van der Waals surface area contributed by atoms with Gasteiger partial charge < -0.3 is 20.1 Å². The van der Waals surface area contributed by atoms with E-state index in [4.69, 9.17) is 9.84 Å². The Bertz CT molecular complexity index is 345. The number of carboxylic acids is 1.